The standard InChI is InChI=1S/C19H17ClN2OS/c1-10-7-11(2)17-16(8-10)24-19(21-17)22-18(23)15-9-14(15)12-3-5-13(20)6-4-12/h3-8,14-15H,9H2,1-2H3,(H,21,22,23). The van der Waals surface area contributed by atoms with E-state index in [4.69, 9.17) is 11.6 Å². The zero-order valence-corrected chi connectivity index (χ0v) is 15.0. The van der Waals surface area contributed by atoms with E-state index in [1.165, 1.54) is 22.5 Å². The minimum Gasteiger partial charge on any atom is -0.302 e. The van der Waals surface area contributed by atoms with Crippen molar-refractivity contribution in [2.75, 3.05) is 5.32 Å². The molecule has 0 saturated heterocycles. The van der Waals surface area contributed by atoms with Gasteiger partial charge >= 0.3 is 0 Å². The molecule has 4 rings (SSSR count). The number of nitrogens with one attached hydrogen (secondary N) is 1. The van der Waals surface area contributed by atoms with Crippen LogP contribution in [0.1, 0.15) is 29.0 Å². The number of benzene rings is 2. The first-order valence-electron chi connectivity index (χ1n) is 7.95. The Kier molecular flexibility index (Phi) is 3.82. The molecule has 5 heteroatoms. The maximum absolute atomic E-state index is 12.5. The van der Waals surface area contributed by atoms with Gasteiger partial charge in [0.1, 0.15) is 0 Å². The van der Waals surface area contributed by atoms with Crippen LogP contribution in [0.15, 0.2) is 36.4 Å². The first kappa shape index (κ1) is 15.6. The molecule has 0 radical (unpaired) electrons. The number of fused-ring (bicyclic) bond motifs is 1. The number of anilines is 1. The van der Waals surface area contributed by atoms with Gasteiger partial charge in [-0.1, -0.05) is 41.1 Å². The van der Waals surface area contributed by atoms with E-state index >= 15 is 0 Å². The molecular weight excluding hydrogens is 340 g/mol. The largest absolute Gasteiger partial charge is 0.302 e. The lowest BCUT2D eigenvalue weighted by Crippen LogP contribution is -2.14. The fourth-order valence-corrected chi connectivity index (χ4v) is 4.36. The molecule has 1 fully saturated rings. The summed E-state index contributed by atoms with van der Waals surface area (Å²) in [6.45, 7) is 4.13. The summed E-state index contributed by atoms with van der Waals surface area (Å²) in [5.74, 6) is 0.380. The Labute approximate surface area is 149 Å². The fraction of sp³-hybridized carbons (Fsp3) is 0.263. The lowest BCUT2D eigenvalue weighted by molar-refractivity contribution is -0.117. The van der Waals surface area contributed by atoms with Gasteiger partial charge in [-0.2, -0.15) is 0 Å². The van der Waals surface area contributed by atoms with Gasteiger partial charge in [0.05, 0.1) is 10.2 Å². The molecule has 2 aromatic carbocycles. The second kappa shape index (κ2) is 5.87. The van der Waals surface area contributed by atoms with Crippen molar-refractivity contribution in [3.05, 3.63) is 58.1 Å². The number of thiazole rings is 1. The normalized spacial score (nSPS) is 19.5. The van der Waals surface area contributed by atoms with Crippen molar-refractivity contribution in [2.24, 2.45) is 5.92 Å². The third-order valence-electron chi connectivity index (χ3n) is 4.49. The smallest absolute Gasteiger partial charge is 0.229 e. The molecule has 0 bridgehead atoms. The maximum atomic E-state index is 12.5. The SMILES string of the molecule is Cc1cc(C)c2nc(NC(=O)C3CC3c3ccc(Cl)cc3)sc2c1. The van der Waals surface area contributed by atoms with E-state index in [2.05, 4.69) is 36.3 Å². The molecule has 0 aliphatic heterocycles. The average molecular weight is 357 g/mol. The predicted molar refractivity (Wildman–Crippen MR) is 100 cm³/mol. The molecule has 1 saturated carbocycles. The Hall–Kier alpha value is -1.91. The Morgan fingerprint density at radius 3 is 2.75 bits per heavy atom. The maximum Gasteiger partial charge on any atom is 0.229 e. The van der Waals surface area contributed by atoms with E-state index in [0.717, 1.165) is 27.2 Å². The van der Waals surface area contributed by atoms with Gasteiger partial charge in [-0.05, 0) is 61.1 Å². The summed E-state index contributed by atoms with van der Waals surface area (Å²) < 4.78 is 1.12. The monoisotopic (exact) mass is 356 g/mol. The lowest BCUT2D eigenvalue weighted by atomic mass is 10.1. The molecule has 1 aromatic heterocycles. The van der Waals surface area contributed by atoms with Crippen molar-refractivity contribution in [3.63, 3.8) is 0 Å². The topological polar surface area (TPSA) is 42.0 Å². The number of aryl methyl sites for hydroxylation is 2. The molecule has 1 aliphatic rings. The van der Waals surface area contributed by atoms with E-state index in [-0.39, 0.29) is 11.8 Å². The van der Waals surface area contributed by atoms with Crippen molar-refractivity contribution in [3.8, 4) is 0 Å². The molecular formula is C19H17ClN2OS. The first-order chi connectivity index (χ1) is 11.5. The predicted octanol–water partition coefficient (Wildman–Crippen LogP) is 5.31. The number of hydrogen-bond donors (Lipinski definition) is 1. The van der Waals surface area contributed by atoms with Crippen molar-refractivity contribution in [1.82, 2.24) is 4.98 Å². The third-order valence-corrected chi connectivity index (χ3v) is 5.66. The second-order valence-electron chi connectivity index (χ2n) is 6.44. The molecule has 1 heterocycles. The van der Waals surface area contributed by atoms with Gasteiger partial charge in [0.15, 0.2) is 5.13 Å². The van der Waals surface area contributed by atoms with Crippen LogP contribution < -0.4 is 5.32 Å². The Morgan fingerprint density at radius 1 is 1.25 bits per heavy atom. The second-order valence-corrected chi connectivity index (χ2v) is 7.90. The number of carbonyl (C=O) groups is 1. The average Bonchev–Trinajstić information content (AvgIpc) is 3.23. The van der Waals surface area contributed by atoms with Crippen LogP contribution in [0.5, 0.6) is 0 Å². The van der Waals surface area contributed by atoms with Crippen molar-refractivity contribution in [1.29, 1.82) is 0 Å². The number of hydrogen-bond acceptors (Lipinski definition) is 3. The first-order valence-corrected chi connectivity index (χ1v) is 9.15. The van der Waals surface area contributed by atoms with Gasteiger partial charge in [-0.3, -0.25) is 4.79 Å². The summed E-state index contributed by atoms with van der Waals surface area (Å²) in [7, 11) is 0. The summed E-state index contributed by atoms with van der Waals surface area (Å²) >= 11 is 7.46. The zero-order valence-electron chi connectivity index (χ0n) is 13.5. The summed E-state index contributed by atoms with van der Waals surface area (Å²) in [5, 5.41) is 4.40. The zero-order chi connectivity index (χ0) is 16.8. The lowest BCUT2D eigenvalue weighted by Gasteiger charge is -2.02. The molecule has 1 aliphatic carbocycles. The molecule has 3 aromatic rings. The highest BCUT2D eigenvalue weighted by atomic mass is 35.5. The van der Waals surface area contributed by atoms with Gasteiger partial charge < -0.3 is 5.32 Å². The number of rotatable bonds is 3. The molecule has 1 amide bonds. The number of carbonyl (C=O) groups excluding carboxylic acids is 1. The quantitative estimate of drug-likeness (QED) is 0.691. The van der Waals surface area contributed by atoms with Gasteiger partial charge in [0.2, 0.25) is 5.91 Å². The highest BCUT2D eigenvalue weighted by molar-refractivity contribution is 7.22. The third kappa shape index (κ3) is 2.92. The van der Waals surface area contributed by atoms with E-state index in [0.29, 0.717) is 11.0 Å². The minimum absolute atomic E-state index is 0.0287. The highest BCUT2D eigenvalue weighted by Gasteiger charge is 2.44. The number of halogens is 1. The summed E-state index contributed by atoms with van der Waals surface area (Å²) in [5.41, 5.74) is 4.51. The van der Waals surface area contributed by atoms with Crippen LogP contribution in [0.25, 0.3) is 10.2 Å². The van der Waals surface area contributed by atoms with Crippen LogP contribution in [-0.4, -0.2) is 10.9 Å². The molecule has 0 spiro atoms. The number of nitrogens with zero attached hydrogens (tertiary/aromatic N) is 1. The Bertz CT molecular complexity index is 932. The van der Waals surface area contributed by atoms with Crippen molar-refractivity contribution >= 4 is 44.2 Å². The highest BCUT2D eigenvalue weighted by Crippen LogP contribution is 2.48. The molecule has 24 heavy (non-hydrogen) atoms. The van der Waals surface area contributed by atoms with Crippen LogP contribution >= 0.6 is 22.9 Å². The molecule has 2 unspecified atom stereocenters. The van der Waals surface area contributed by atoms with Gasteiger partial charge in [0.25, 0.3) is 0 Å². The minimum atomic E-state index is 0.0287. The Balaban J connectivity index is 1.49. The van der Waals surface area contributed by atoms with Crippen LogP contribution in [-0.2, 0) is 4.79 Å². The van der Waals surface area contributed by atoms with Gasteiger partial charge in [0, 0.05) is 10.9 Å². The van der Waals surface area contributed by atoms with E-state index in [1.54, 1.807) is 0 Å². The number of amides is 1. The van der Waals surface area contributed by atoms with Gasteiger partial charge in [-0.15, -0.1) is 0 Å². The van der Waals surface area contributed by atoms with Crippen LogP contribution in [0.4, 0.5) is 5.13 Å². The van der Waals surface area contributed by atoms with Gasteiger partial charge in [-0.25, -0.2) is 4.98 Å². The van der Waals surface area contributed by atoms with Crippen molar-refractivity contribution < 1.29 is 4.79 Å². The molecule has 3 nitrogen and oxygen atoms in total. The Morgan fingerprint density at radius 2 is 2.00 bits per heavy atom. The van der Waals surface area contributed by atoms with E-state index in [9.17, 15) is 4.79 Å². The van der Waals surface area contributed by atoms with Crippen molar-refractivity contribution in [2.45, 2.75) is 26.2 Å². The van der Waals surface area contributed by atoms with E-state index < -0.39 is 0 Å². The summed E-state index contributed by atoms with van der Waals surface area (Å²) in [6, 6.07) is 12.0. The molecule has 2 atom stereocenters. The van der Waals surface area contributed by atoms with Crippen LogP contribution in [0.2, 0.25) is 5.02 Å². The summed E-state index contributed by atoms with van der Waals surface area (Å²) in [6.07, 6.45) is 0.885. The van der Waals surface area contributed by atoms with Crippen LogP contribution in [0, 0.1) is 19.8 Å². The molecule has 122 valence electrons. The summed E-state index contributed by atoms with van der Waals surface area (Å²) in [4.78, 5) is 17.1. The van der Waals surface area contributed by atoms with E-state index in [1.807, 2.05) is 24.3 Å². The fourth-order valence-electron chi connectivity index (χ4n) is 3.19. The molecule has 1 N–H and O–H groups in total. The number of aromatic nitrogens is 1. The van der Waals surface area contributed by atoms with Crippen LogP contribution in [0.3, 0.4) is 0 Å².